The van der Waals surface area contributed by atoms with Gasteiger partial charge in [-0.05, 0) is 48.9 Å². The van der Waals surface area contributed by atoms with Gasteiger partial charge < -0.3 is 4.90 Å². The Labute approximate surface area is 144 Å². The Morgan fingerprint density at radius 2 is 1.67 bits per heavy atom. The van der Waals surface area contributed by atoms with E-state index in [1.165, 1.54) is 56.2 Å². The van der Waals surface area contributed by atoms with Crippen LogP contribution in [0.15, 0.2) is 29.2 Å². The number of fused-ring (bicyclic) bond motifs is 1. The first kappa shape index (κ1) is 17.4. The van der Waals surface area contributed by atoms with E-state index in [2.05, 4.69) is 0 Å². The van der Waals surface area contributed by atoms with Crippen LogP contribution in [0.5, 0.6) is 0 Å². The van der Waals surface area contributed by atoms with E-state index < -0.39 is 10.0 Å². The molecule has 2 aliphatic rings. The fourth-order valence-corrected chi connectivity index (χ4v) is 4.85. The fourth-order valence-electron chi connectivity index (χ4n) is 3.95. The maximum atomic E-state index is 12.7. The normalized spacial score (nSPS) is 24.7. The molecule has 0 N–H and O–H groups in total. The molecule has 1 amide bonds. The fraction of sp³-hybridized carbons (Fsp3) is 0.611. The molecule has 0 bridgehead atoms. The minimum Gasteiger partial charge on any atom is -0.338 e. The average molecular weight is 350 g/mol. The Kier molecular flexibility index (Phi) is 4.97. The maximum Gasteiger partial charge on any atom is 0.253 e. The quantitative estimate of drug-likeness (QED) is 0.842. The zero-order chi connectivity index (χ0) is 17.3. The number of carbonyl (C=O) groups excluding carboxylic acids is 1. The number of hydrogen-bond acceptors (Lipinski definition) is 3. The van der Waals surface area contributed by atoms with Crippen LogP contribution in [0.2, 0.25) is 0 Å². The van der Waals surface area contributed by atoms with Gasteiger partial charge in [0.05, 0.1) is 4.90 Å². The topological polar surface area (TPSA) is 57.7 Å². The second-order valence-electron chi connectivity index (χ2n) is 7.16. The Bertz CT molecular complexity index is 697. The molecule has 132 valence electrons. The van der Waals surface area contributed by atoms with E-state index in [0.29, 0.717) is 11.5 Å². The van der Waals surface area contributed by atoms with Crippen molar-refractivity contribution >= 4 is 15.9 Å². The molecule has 2 fully saturated rings. The second-order valence-corrected chi connectivity index (χ2v) is 9.31. The number of benzene rings is 1. The molecular formula is C18H26N2O3S. The van der Waals surface area contributed by atoms with Crippen LogP contribution in [0, 0.1) is 11.8 Å². The van der Waals surface area contributed by atoms with Crippen molar-refractivity contribution in [2.75, 3.05) is 27.2 Å². The molecule has 3 rings (SSSR count). The summed E-state index contributed by atoms with van der Waals surface area (Å²) in [6, 6.07) is 6.31. The third-order valence-corrected chi connectivity index (χ3v) is 7.29. The van der Waals surface area contributed by atoms with Crippen LogP contribution in [0.25, 0.3) is 0 Å². The molecule has 0 unspecified atom stereocenters. The number of likely N-dealkylation sites (tertiary alicyclic amines) is 1. The number of hydrogen-bond donors (Lipinski definition) is 0. The molecule has 24 heavy (non-hydrogen) atoms. The van der Waals surface area contributed by atoms with E-state index in [9.17, 15) is 13.2 Å². The molecule has 1 heterocycles. The van der Waals surface area contributed by atoms with Gasteiger partial charge in [0.15, 0.2) is 0 Å². The Morgan fingerprint density at radius 1 is 1.04 bits per heavy atom. The molecule has 1 saturated heterocycles. The Hall–Kier alpha value is -1.40. The summed E-state index contributed by atoms with van der Waals surface area (Å²) >= 11 is 0. The first-order chi connectivity index (χ1) is 11.4. The van der Waals surface area contributed by atoms with Gasteiger partial charge in [-0.25, -0.2) is 12.7 Å². The number of piperidine rings is 1. The van der Waals surface area contributed by atoms with Gasteiger partial charge in [0.2, 0.25) is 10.0 Å². The highest BCUT2D eigenvalue weighted by Crippen LogP contribution is 2.36. The number of rotatable bonds is 3. The number of nitrogens with zero attached hydrogens (tertiary/aromatic N) is 2. The van der Waals surface area contributed by atoms with Crippen molar-refractivity contribution in [2.45, 2.75) is 37.0 Å². The predicted octanol–water partition coefficient (Wildman–Crippen LogP) is 2.59. The van der Waals surface area contributed by atoms with Crippen molar-refractivity contribution in [2.24, 2.45) is 11.8 Å². The molecule has 1 aliphatic carbocycles. The summed E-state index contributed by atoms with van der Waals surface area (Å²) in [5.41, 5.74) is 0.571. The van der Waals surface area contributed by atoms with Gasteiger partial charge >= 0.3 is 0 Å². The molecule has 2 atom stereocenters. The second kappa shape index (κ2) is 6.84. The molecule has 0 aromatic heterocycles. The molecule has 1 aromatic rings. The standard InChI is InChI=1S/C18H26N2O3S/c1-19(2)24(22,23)17-9-7-15(8-10-17)18(21)20-12-11-14-5-3-4-6-16(14)13-20/h7-10,14,16H,3-6,11-13H2,1-2H3/t14-,16-/m1/s1. The van der Waals surface area contributed by atoms with E-state index in [1.54, 1.807) is 12.1 Å². The van der Waals surface area contributed by atoms with Crippen molar-refractivity contribution in [3.05, 3.63) is 29.8 Å². The monoisotopic (exact) mass is 350 g/mol. The molecule has 6 heteroatoms. The zero-order valence-corrected chi connectivity index (χ0v) is 15.3. The van der Waals surface area contributed by atoms with Crippen LogP contribution in [0.1, 0.15) is 42.5 Å². The highest BCUT2D eigenvalue weighted by molar-refractivity contribution is 7.89. The van der Waals surface area contributed by atoms with Gasteiger partial charge in [-0.15, -0.1) is 0 Å². The molecule has 0 radical (unpaired) electrons. The summed E-state index contributed by atoms with van der Waals surface area (Å²) in [7, 11) is -0.446. The van der Waals surface area contributed by atoms with Gasteiger partial charge in [-0.2, -0.15) is 0 Å². The van der Waals surface area contributed by atoms with Gasteiger partial charge in [-0.3, -0.25) is 4.79 Å². The summed E-state index contributed by atoms with van der Waals surface area (Å²) in [5, 5.41) is 0. The van der Waals surface area contributed by atoms with Gasteiger partial charge in [0, 0.05) is 32.7 Å². The first-order valence-electron chi connectivity index (χ1n) is 8.71. The summed E-state index contributed by atoms with van der Waals surface area (Å²) < 4.78 is 25.4. The van der Waals surface area contributed by atoms with Gasteiger partial charge in [0.25, 0.3) is 5.91 Å². The summed E-state index contributed by atoms with van der Waals surface area (Å²) in [6.45, 7) is 1.67. The third kappa shape index (κ3) is 3.35. The molecule has 5 nitrogen and oxygen atoms in total. The molecular weight excluding hydrogens is 324 g/mol. The van der Waals surface area contributed by atoms with Crippen molar-refractivity contribution in [1.29, 1.82) is 0 Å². The average Bonchev–Trinajstić information content (AvgIpc) is 2.60. The van der Waals surface area contributed by atoms with Crippen LogP contribution in [0.3, 0.4) is 0 Å². The summed E-state index contributed by atoms with van der Waals surface area (Å²) in [4.78, 5) is 14.9. The zero-order valence-electron chi connectivity index (χ0n) is 14.4. The van der Waals surface area contributed by atoms with Gasteiger partial charge in [0.1, 0.15) is 0 Å². The Balaban J connectivity index is 1.71. The van der Waals surface area contributed by atoms with Crippen LogP contribution < -0.4 is 0 Å². The molecule has 0 spiro atoms. The first-order valence-corrected chi connectivity index (χ1v) is 10.2. The van der Waals surface area contributed by atoms with Crippen LogP contribution in [-0.2, 0) is 10.0 Å². The number of sulfonamides is 1. The van der Waals surface area contributed by atoms with E-state index >= 15 is 0 Å². The molecule has 1 aromatic carbocycles. The van der Waals surface area contributed by atoms with Crippen molar-refractivity contribution < 1.29 is 13.2 Å². The lowest BCUT2D eigenvalue weighted by Gasteiger charge is -2.41. The minimum absolute atomic E-state index is 0.0211. The molecule has 1 aliphatic heterocycles. The predicted molar refractivity (Wildman–Crippen MR) is 93.3 cm³/mol. The van der Waals surface area contributed by atoms with Crippen molar-refractivity contribution in [3.8, 4) is 0 Å². The lowest BCUT2D eigenvalue weighted by Crippen LogP contribution is -2.44. The molecule has 1 saturated carbocycles. The lowest BCUT2D eigenvalue weighted by atomic mass is 9.75. The van der Waals surface area contributed by atoms with Gasteiger partial charge in [-0.1, -0.05) is 19.3 Å². The largest absolute Gasteiger partial charge is 0.338 e. The van der Waals surface area contributed by atoms with Crippen LogP contribution in [0.4, 0.5) is 0 Å². The maximum absolute atomic E-state index is 12.7. The van der Waals surface area contributed by atoms with E-state index in [1.807, 2.05) is 4.90 Å². The lowest BCUT2D eigenvalue weighted by molar-refractivity contribution is 0.0521. The van der Waals surface area contributed by atoms with Crippen molar-refractivity contribution in [3.63, 3.8) is 0 Å². The highest BCUT2D eigenvalue weighted by atomic mass is 32.2. The highest BCUT2D eigenvalue weighted by Gasteiger charge is 2.33. The summed E-state index contributed by atoms with van der Waals surface area (Å²) in [6.07, 6.45) is 6.25. The number of carbonyl (C=O) groups is 1. The third-order valence-electron chi connectivity index (χ3n) is 5.46. The minimum atomic E-state index is -3.45. The van der Waals surface area contributed by atoms with Crippen LogP contribution >= 0.6 is 0 Å². The van der Waals surface area contributed by atoms with E-state index in [-0.39, 0.29) is 10.8 Å². The smallest absolute Gasteiger partial charge is 0.253 e. The Morgan fingerprint density at radius 3 is 2.29 bits per heavy atom. The summed E-state index contributed by atoms with van der Waals surface area (Å²) in [5.74, 6) is 1.45. The number of amides is 1. The SMILES string of the molecule is CN(C)S(=O)(=O)c1ccc(C(=O)N2CC[C@H]3CCCC[C@@H]3C2)cc1. The van der Waals surface area contributed by atoms with E-state index in [4.69, 9.17) is 0 Å². The van der Waals surface area contributed by atoms with Crippen molar-refractivity contribution in [1.82, 2.24) is 9.21 Å². The van der Waals surface area contributed by atoms with E-state index in [0.717, 1.165) is 25.4 Å². The van der Waals surface area contributed by atoms with Crippen LogP contribution in [-0.4, -0.2) is 50.7 Å².